The van der Waals surface area contributed by atoms with Crippen LogP contribution in [0.1, 0.15) is 11.1 Å². The van der Waals surface area contributed by atoms with Gasteiger partial charge in [0, 0.05) is 35.6 Å². The van der Waals surface area contributed by atoms with Gasteiger partial charge in [0.15, 0.2) is 11.4 Å². The molecule has 9 heteroatoms. The van der Waals surface area contributed by atoms with E-state index in [0.717, 1.165) is 33.0 Å². The zero-order chi connectivity index (χ0) is 25.9. The second kappa shape index (κ2) is 8.12. The minimum absolute atomic E-state index is 0.00744. The molecule has 3 heterocycles. The summed E-state index contributed by atoms with van der Waals surface area (Å²) in [6.45, 7) is 2.04. The Morgan fingerprint density at radius 1 is 1.00 bits per heavy atom. The molecule has 186 valence electrons. The van der Waals surface area contributed by atoms with Gasteiger partial charge in [-0.15, -0.1) is 0 Å². The highest BCUT2D eigenvalue weighted by Crippen LogP contribution is 2.36. The minimum atomic E-state index is -1.39. The Morgan fingerprint density at radius 3 is 2.49 bits per heavy atom. The van der Waals surface area contributed by atoms with Gasteiger partial charge < -0.3 is 19.7 Å². The van der Waals surface area contributed by atoms with Gasteiger partial charge in [-0.1, -0.05) is 24.3 Å². The third kappa shape index (κ3) is 3.58. The van der Waals surface area contributed by atoms with E-state index in [0.29, 0.717) is 16.7 Å². The molecule has 1 fully saturated rings. The van der Waals surface area contributed by atoms with Crippen LogP contribution in [0.3, 0.4) is 0 Å². The van der Waals surface area contributed by atoms with Gasteiger partial charge >= 0.3 is 6.03 Å². The molecule has 0 unspecified atom stereocenters. The molecule has 1 aliphatic heterocycles. The number of hydrogen-bond acceptors (Lipinski definition) is 5. The summed E-state index contributed by atoms with van der Waals surface area (Å²) in [4.78, 5) is 25.5. The van der Waals surface area contributed by atoms with Crippen molar-refractivity contribution in [2.24, 2.45) is 7.05 Å². The summed E-state index contributed by atoms with van der Waals surface area (Å²) in [5.41, 5.74) is 3.25. The van der Waals surface area contributed by atoms with Crippen molar-refractivity contribution in [3.63, 3.8) is 0 Å². The lowest BCUT2D eigenvalue weighted by Crippen LogP contribution is -2.47. The molecule has 3 aromatic carbocycles. The summed E-state index contributed by atoms with van der Waals surface area (Å²) in [7, 11) is 3.46. The number of rotatable bonds is 5. The number of aromatic hydroxyl groups is 1. The molecule has 1 atom stereocenters. The Morgan fingerprint density at radius 2 is 1.78 bits per heavy atom. The van der Waals surface area contributed by atoms with Gasteiger partial charge in [0.05, 0.1) is 19.2 Å². The zero-order valence-electron chi connectivity index (χ0n) is 20.6. The number of methoxy groups -OCH3 is 1. The van der Waals surface area contributed by atoms with E-state index in [2.05, 4.69) is 27.9 Å². The molecule has 1 aliphatic rings. The number of aryl methyl sites for hydroxylation is 2. The smallest absolute Gasteiger partial charge is 0.322 e. The summed E-state index contributed by atoms with van der Waals surface area (Å²) in [5, 5.41) is 23.1. The number of hydrogen-bond donors (Lipinski definition) is 3. The first kappa shape index (κ1) is 22.7. The fourth-order valence-corrected chi connectivity index (χ4v) is 5.17. The van der Waals surface area contributed by atoms with Gasteiger partial charge in [-0.05, 0) is 59.5 Å². The number of urea groups is 1. The predicted molar refractivity (Wildman–Crippen MR) is 139 cm³/mol. The van der Waals surface area contributed by atoms with E-state index in [4.69, 9.17) is 4.74 Å². The van der Waals surface area contributed by atoms with Crippen LogP contribution in [0.15, 0.2) is 67.0 Å². The summed E-state index contributed by atoms with van der Waals surface area (Å²) in [6.07, 6.45) is 3.74. The molecule has 0 radical (unpaired) electrons. The topological polar surface area (TPSA) is 110 Å². The first-order valence-electron chi connectivity index (χ1n) is 11.8. The van der Waals surface area contributed by atoms with Crippen LogP contribution in [0, 0.1) is 6.92 Å². The lowest BCUT2D eigenvalue weighted by atomic mass is 9.88. The van der Waals surface area contributed by atoms with Crippen LogP contribution in [0.5, 0.6) is 11.6 Å². The molecule has 0 aliphatic carbocycles. The highest BCUT2D eigenvalue weighted by atomic mass is 16.5. The summed E-state index contributed by atoms with van der Waals surface area (Å²) in [5.74, 6) is 0.115. The predicted octanol–water partition coefficient (Wildman–Crippen LogP) is 3.95. The van der Waals surface area contributed by atoms with E-state index in [1.165, 1.54) is 0 Å². The first-order valence-corrected chi connectivity index (χ1v) is 11.8. The summed E-state index contributed by atoms with van der Waals surface area (Å²) < 4.78 is 8.64. The Balaban J connectivity index is 1.40. The third-order valence-electron chi connectivity index (χ3n) is 7.04. The zero-order valence-corrected chi connectivity index (χ0v) is 20.6. The number of benzene rings is 3. The Hall–Kier alpha value is -4.79. The van der Waals surface area contributed by atoms with Crippen LogP contribution >= 0.6 is 0 Å². The third-order valence-corrected chi connectivity index (χ3v) is 7.04. The number of ether oxygens (including phenoxy) is 1. The monoisotopic (exact) mass is 495 g/mol. The summed E-state index contributed by atoms with van der Waals surface area (Å²) >= 11 is 0. The lowest BCUT2D eigenvalue weighted by molar-refractivity contribution is -0.124. The SMILES string of the molecule is COc1ccc2cn(C[C@@]3(c4ccc(-c5cc(C)c6nn(C)cc6c5)cc4)NC(=O)NC3=O)c(O)c2c1. The molecular formula is C28H25N5O4. The van der Waals surface area contributed by atoms with Gasteiger partial charge in [0.2, 0.25) is 0 Å². The van der Waals surface area contributed by atoms with Crippen molar-refractivity contribution in [1.29, 1.82) is 0 Å². The van der Waals surface area contributed by atoms with Gasteiger partial charge in [-0.25, -0.2) is 4.79 Å². The average Bonchev–Trinajstić information content (AvgIpc) is 3.51. The molecular weight excluding hydrogens is 470 g/mol. The van der Waals surface area contributed by atoms with E-state index in [9.17, 15) is 14.7 Å². The average molecular weight is 496 g/mol. The number of amides is 3. The van der Waals surface area contributed by atoms with Crippen molar-refractivity contribution in [3.8, 4) is 22.8 Å². The van der Waals surface area contributed by atoms with E-state index in [1.54, 1.807) is 34.7 Å². The molecule has 6 rings (SSSR count). The number of aromatic nitrogens is 3. The van der Waals surface area contributed by atoms with E-state index < -0.39 is 17.5 Å². The highest BCUT2D eigenvalue weighted by molar-refractivity contribution is 6.07. The van der Waals surface area contributed by atoms with Crippen molar-refractivity contribution < 1.29 is 19.4 Å². The van der Waals surface area contributed by atoms with Crippen LogP contribution in [0.2, 0.25) is 0 Å². The van der Waals surface area contributed by atoms with Crippen LogP contribution in [-0.2, 0) is 23.9 Å². The lowest BCUT2D eigenvalue weighted by Gasteiger charge is -2.27. The fraction of sp³-hybridized carbons (Fsp3) is 0.179. The minimum Gasteiger partial charge on any atom is -0.497 e. The molecule has 0 spiro atoms. The normalized spacial score (nSPS) is 17.4. The maximum atomic E-state index is 13.2. The Kier molecular flexibility index (Phi) is 4.98. The van der Waals surface area contributed by atoms with Gasteiger partial charge in [-0.3, -0.25) is 14.8 Å². The van der Waals surface area contributed by atoms with Crippen LogP contribution in [-0.4, -0.2) is 38.5 Å². The molecule has 2 aromatic heterocycles. The van der Waals surface area contributed by atoms with Gasteiger partial charge in [-0.2, -0.15) is 5.10 Å². The van der Waals surface area contributed by atoms with E-state index in [1.807, 2.05) is 50.5 Å². The van der Waals surface area contributed by atoms with Crippen LogP contribution < -0.4 is 15.4 Å². The molecule has 5 aromatic rings. The number of carbonyl (C=O) groups excluding carboxylic acids is 2. The van der Waals surface area contributed by atoms with Crippen molar-refractivity contribution in [2.75, 3.05) is 7.11 Å². The van der Waals surface area contributed by atoms with Crippen molar-refractivity contribution in [1.82, 2.24) is 25.0 Å². The standard InChI is InChI=1S/C28H25N5O4/c1-16-10-19(11-20-13-32(2)31-24(16)20)17-4-7-21(8-5-17)28(26(35)29-27(36)30-28)15-33-14-18-6-9-22(37-3)12-23(18)25(33)34/h4-14,34H,15H2,1-3H3,(H2,29,30,35,36)/t28-/m0/s1. The van der Waals surface area contributed by atoms with Gasteiger partial charge in [0.25, 0.3) is 5.91 Å². The summed E-state index contributed by atoms with van der Waals surface area (Å²) in [6, 6.07) is 16.5. The molecule has 3 N–H and O–H groups in total. The van der Waals surface area contributed by atoms with E-state index in [-0.39, 0.29) is 12.4 Å². The molecule has 37 heavy (non-hydrogen) atoms. The maximum absolute atomic E-state index is 13.2. The first-order chi connectivity index (χ1) is 17.8. The number of imide groups is 1. The quantitative estimate of drug-likeness (QED) is 0.320. The number of nitrogens with one attached hydrogen (secondary N) is 2. The molecule has 0 saturated carbocycles. The molecule has 1 saturated heterocycles. The molecule has 0 bridgehead atoms. The number of carbonyl (C=O) groups is 2. The Bertz CT molecular complexity index is 1720. The Labute approximate surface area is 212 Å². The van der Waals surface area contributed by atoms with Crippen LogP contribution in [0.4, 0.5) is 4.79 Å². The second-order valence-corrected chi connectivity index (χ2v) is 9.46. The second-order valence-electron chi connectivity index (χ2n) is 9.46. The largest absolute Gasteiger partial charge is 0.497 e. The number of fused-ring (bicyclic) bond motifs is 2. The molecule has 3 amide bonds. The van der Waals surface area contributed by atoms with Crippen molar-refractivity contribution in [3.05, 3.63) is 78.1 Å². The van der Waals surface area contributed by atoms with Crippen molar-refractivity contribution >= 4 is 33.6 Å². The van der Waals surface area contributed by atoms with Crippen molar-refractivity contribution in [2.45, 2.75) is 19.0 Å². The van der Waals surface area contributed by atoms with Gasteiger partial charge in [0.1, 0.15) is 5.75 Å². The van der Waals surface area contributed by atoms with Crippen LogP contribution in [0.25, 0.3) is 32.8 Å². The molecule has 9 nitrogen and oxygen atoms in total. The number of nitrogens with zero attached hydrogens (tertiary/aromatic N) is 3. The highest BCUT2D eigenvalue weighted by Gasteiger charge is 2.48. The van der Waals surface area contributed by atoms with E-state index >= 15 is 0 Å². The fourth-order valence-electron chi connectivity index (χ4n) is 5.17. The maximum Gasteiger partial charge on any atom is 0.322 e.